The number of nitrogens with one attached hydrogen (secondary N) is 3. The second-order valence-electron chi connectivity index (χ2n) is 6.56. The molecule has 0 unspecified atom stereocenters. The van der Waals surface area contributed by atoms with E-state index in [1.807, 2.05) is 25.1 Å². The summed E-state index contributed by atoms with van der Waals surface area (Å²) in [6.45, 7) is 8.34. The van der Waals surface area contributed by atoms with Gasteiger partial charge in [-0.3, -0.25) is 4.79 Å². The van der Waals surface area contributed by atoms with Crippen molar-refractivity contribution in [1.29, 1.82) is 0 Å². The maximum absolute atomic E-state index is 12.1. The van der Waals surface area contributed by atoms with E-state index in [0.29, 0.717) is 19.0 Å². The van der Waals surface area contributed by atoms with Gasteiger partial charge in [0.25, 0.3) is 0 Å². The Morgan fingerprint density at radius 2 is 1.78 bits per heavy atom. The molecule has 0 radical (unpaired) electrons. The fourth-order valence-electron chi connectivity index (χ4n) is 2.75. The number of aryl methyl sites for hydroxylation is 2. The molecule has 0 aliphatic heterocycles. The number of guanidine groups is 1. The lowest BCUT2D eigenvalue weighted by Crippen LogP contribution is -2.43. The highest BCUT2D eigenvalue weighted by Gasteiger charge is 2.04. The minimum Gasteiger partial charge on any atom is -0.357 e. The van der Waals surface area contributed by atoms with Crippen LogP contribution in [-0.2, 0) is 17.8 Å². The van der Waals surface area contributed by atoms with Gasteiger partial charge in [0.1, 0.15) is 0 Å². The normalized spacial score (nSPS) is 11.1. The lowest BCUT2D eigenvalue weighted by Gasteiger charge is -2.12. The Hall–Kier alpha value is -2.82. The van der Waals surface area contributed by atoms with Gasteiger partial charge in [-0.05, 0) is 43.9 Å². The van der Waals surface area contributed by atoms with Gasteiger partial charge in [0.15, 0.2) is 5.96 Å². The summed E-state index contributed by atoms with van der Waals surface area (Å²) in [6.07, 6.45) is 0.827. The molecule has 0 heterocycles. The highest BCUT2D eigenvalue weighted by Crippen LogP contribution is 2.11. The van der Waals surface area contributed by atoms with Gasteiger partial charge >= 0.3 is 0 Å². The van der Waals surface area contributed by atoms with Crippen molar-refractivity contribution in [3.63, 3.8) is 0 Å². The number of hydrogen-bond acceptors (Lipinski definition) is 2. The van der Waals surface area contributed by atoms with Crippen LogP contribution in [0.4, 0.5) is 0 Å². The molecule has 27 heavy (non-hydrogen) atoms. The van der Waals surface area contributed by atoms with E-state index in [1.165, 1.54) is 22.3 Å². The van der Waals surface area contributed by atoms with Crippen molar-refractivity contribution in [2.45, 2.75) is 33.7 Å². The fraction of sp³-hybridized carbons (Fsp3) is 0.364. The first-order chi connectivity index (χ1) is 13.1. The van der Waals surface area contributed by atoms with E-state index in [4.69, 9.17) is 0 Å². The van der Waals surface area contributed by atoms with Crippen molar-refractivity contribution in [3.05, 3.63) is 70.8 Å². The Labute approximate surface area is 162 Å². The first-order valence-corrected chi connectivity index (χ1v) is 9.47. The van der Waals surface area contributed by atoms with Crippen LogP contribution in [-0.4, -0.2) is 31.5 Å². The van der Waals surface area contributed by atoms with Gasteiger partial charge in [-0.25, -0.2) is 4.99 Å². The number of carbonyl (C=O) groups excluding carboxylic acids is 1. The number of aliphatic imine (C=N–C) groups is 1. The molecule has 0 aliphatic carbocycles. The van der Waals surface area contributed by atoms with E-state index in [9.17, 15) is 4.79 Å². The molecule has 0 spiro atoms. The van der Waals surface area contributed by atoms with Gasteiger partial charge < -0.3 is 16.0 Å². The van der Waals surface area contributed by atoms with Gasteiger partial charge in [-0.1, -0.05) is 54.1 Å². The Morgan fingerprint density at radius 1 is 1.00 bits per heavy atom. The molecule has 0 saturated carbocycles. The van der Waals surface area contributed by atoms with Crippen LogP contribution < -0.4 is 16.0 Å². The van der Waals surface area contributed by atoms with Crippen LogP contribution in [0.5, 0.6) is 0 Å². The maximum atomic E-state index is 12.1. The second kappa shape index (κ2) is 11.0. The fourth-order valence-corrected chi connectivity index (χ4v) is 2.75. The third-order valence-corrected chi connectivity index (χ3v) is 4.24. The second-order valence-corrected chi connectivity index (χ2v) is 6.56. The molecule has 0 bridgehead atoms. The zero-order valence-corrected chi connectivity index (χ0v) is 16.5. The average molecular weight is 367 g/mol. The van der Waals surface area contributed by atoms with Crippen LogP contribution in [0.25, 0.3) is 0 Å². The number of rotatable bonds is 8. The van der Waals surface area contributed by atoms with Crippen molar-refractivity contribution in [2.24, 2.45) is 4.99 Å². The van der Waals surface area contributed by atoms with Crippen LogP contribution >= 0.6 is 0 Å². The Kier molecular flexibility index (Phi) is 8.36. The topological polar surface area (TPSA) is 65.5 Å². The van der Waals surface area contributed by atoms with E-state index >= 15 is 0 Å². The predicted molar refractivity (Wildman–Crippen MR) is 112 cm³/mol. The van der Waals surface area contributed by atoms with Crippen molar-refractivity contribution in [3.8, 4) is 0 Å². The molecule has 1 amide bonds. The molecule has 0 fully saturated rings. The van der Waals surface area contributed by atoms with E-state index in [0.717, 1.165) is 13.0 Å². The molecule has 2 aromatic rings. The van der Waals surface area contributed by atoms with Crippen molar-refractivity contribution < 1.29 is 4.79 Å². The number of benzene rings is 2. The average Bonchev–Trinajstić information content (AvgIpc) is 2.66. The highest BCUT2D eigenvalue weighted by atomic mass is 16.1. The third-order valence-electron chi connectivity index (χ3n) is 4.24. The third kappa shape index (κ3) is 7.52. The molecule has 0 atom stereocenters. The van der Waals surface area contributed by atoms with Crippen LogP contribution in [0.1, 0.15) is 29.2 Å². The highest BCUT2D eigenvalue weighted by molar-refractivity contribution is 5.86. The van der Waals surface area contributed by atoms with E-state index < -0.39 is 0 Å². The molecular weight excluding hydrogens is 336 g/mol. The van der Waals surface area contributed by atoms with Crippen LogP contribution in [0.3, 0.4) is 0 Å². The van der Waals surface area contributed by atoms with Crippen LogP contribution in [0.2, 0.25) is 0 Å². The molecule has 2 rings (SSSR count). The predicted octanol–water partition coefficient (Wildman–Crippen LogP) is 2.72. The minimum atomic E-state index is -0.0388. The summed E-state index contributed by atoms with van der Waals surface area (Å²) in [6, 6.07) is 16.5. The summed E-state index contributed by atoms with van der Waals surface area (Å²) < 4.78 is 0. The maximum Gasteiger partial charge on any atom is 0.239 e. The molecule has 5 heteroatoms. The first-order valence-electron chi connectivity index (χ1n) is 9.47. The van der Waals surface area contributed by atoms with E-state index in [1.54, 1.807) is 0 Å². The molecule has 3 N–H and O–H groups in total. The zero-order chi connectivity index (χ0) is 19.5. The summed E-state index contributed by atoms with van der Waals surface area (Å²) in [5, 5.41) is 9.21. The van der Waals surface area contributed by atoms with Crippen molar-refractivity contribution in [2.75, 3.05) is 19.6 Å². The largest absolute Gasteiger partial charge is 0.357 e. The smallest absolute Gasteiger partial charge is 0.239 e. The molecular formula is C22H30N4O. The van der Waals surface area contributed by atoms with Crippen molar-refractivity contribution in [1.82, 2.24) is 16.0 Å². The van der Waals surface area contributed by atoms with Gasteiger partial charge in [-0.15, -0.1) is 0 Å². The molecule has 0 saturated heterocycles. The first kappa shape index (κ1) is 20.5. The molecule has 5 nitrogen and oxygen atoms in total. The van der Waals surface area contributed by atoms with Gasteiger partial charge in [-0.2, -0.15) is 0 Å². The summed E-state index contributed by atoms with van der Waals surface area (Å²) in [5.74, 6) is 0.610. The summed E-state index contributed by atoms with van der Waals surface area (Å²) in [5.41, 5.74) is 4.88. The molecule has 2 aromatic carbocycles. The van der Waals surface area contributed by atoms with Crippen LogP contribution in [0, 0.1) is 13.8 Å². The Morgan fingerprint density at radius 3 is 2.48 bits per heavy atom. The standard InChI is InChI=1S/C22H30N4O/c1-4-23-22(25-15-20-11-10-17(2)14-18(20)3)26-16-21(27)24-13-12-19-8-6-5-7-9-19/h5-11,14H,4,12-13,15-16H2,1-3H3,(H,24,27)(H2,23,25,26). The van der Waals surface area contributed by atoms with Crippen molar-refractivity contribution >= 4 is 11.9 Å². The van der Waals surface area contributed by atoms with Crippen LogP contribution in [0.15, 0.2) is 53.5 Å². The number of amides is 1. The molecule has 0 aliphatic rings. The Balaban J connectivity index is 1.79. The molecule has 0 aromatic heterocycles. The lowest BCUT2D eigenvalue weighted by molar-refractivity contribution is -0.119. The molecule has 144 valence electrons. The van der Waals surface area contributed by atoms with Gasteiger partial charge in [0, 0.05) is 13.1 Å². The lowest BCUT2D eigenvalue weighted by atomic mass is 10.1. The Bertz CT molecular complexity index is 756. The zero-order valence-electron chi connectivity index (χ0n) is 16.5. The summed E-state index contributed by atoms with van der Waals surface area (Å²) in [7, 11) is 0. The summed E-state index contributed by atoms with van der Waals surface area (Å²) in [4.78, 5) is 16.6. The minimum absolute atomic E-state index is 0.0388. The monoisotopic (exact) mass is 366 g/mol. The SMILES string of the molecule is CCNC(=NCc1ccc(C)cc1C)NCC(=O)NCCc1ccccc1. The van der Waals surface area contributed by atoms with Gasteiger partial charge in [0.2, 0.25) is 5.91 Å². The number of carbonyl (C=O) groups is 1. The van der Waals surface area contributed by atoms with Gasteiger partial charge in [0.05, 0.1) is 13.1 Å². The quantitative estimate of drug-likeness (QED) is 0.497. The van der Waals surface area contributed by atoms with E-state index in [2.05, 4.69) is 65.1 Å². The summed E-state index contributed by atoms with van der Waals surface area (Å²) >= 11 is 0. The number of hydrogen-bond donors (Lipinski definition) is 3. The van der Waals surface area contributed by atoms with E-state index in [-0.39, 0.29) is 12.5 Å². The number of nitrogens with zero attached hydrogens (tertiary/aromatic N) is 1.